The largest absolute Gasteiger partial charge is 0.479 e. The molecule has 1 atom stereocenters. The number of aromatic carboxylic acids is 1. The number of carbonyl (C=O) groups is 2. The Morgan fingerprint density at radius 3 is 2.20 bits per heavy atom. The van der Waals surface area contributed by atoms with Crippen molar-refractivity contribution >= 4 is 23.5 Å². The van der Waals surface area contributed by atoms with Crippen molar-refractivity contribution in [1.82, 2.24) is 0 Å². The Morgan fingerprint density at radius 2 is 1.72 bits per heavy atom. The number of rotatable bonds is 7. The molecule has 8 nitrogen and oxygen atoms in total. The van der Waals surface area contributed by atoms with E-state index in [4.69, 9.17) is 16.2 Å². The summed E-state index contributed by atoms with van der Waals surface area (Å²) in [6.45, 7) is -0.409. The van der Waals surface area contributed by atoms with Gasteiger partial charge in [0, 0.05) is 11.3 Å². The molecule has 0 aliphatic rings. The van der Waals surface area contributed by atoms with Crippen molar-refractivity contribution in [3.05, 3.63) is 64.7 Å². The molecular formula is C17H17N3O5. The highest BCUT2D eigenvalue weighted by molar-refractivity contribution is 5.95. The molecule has 0 aliphatic carbocycles. The SMILES string of the molecule is N=C(N)c1ccc(NC(C(=O)O)c2cc(CO)cc(C(=O)O)c2)cc1. The summed E-state index contributed by atoms with van der Waals surface area (Å²) in [4.78, 5) is 22.8. The van der Waals surface area contributed by atoms with Crippen molar-refractivity contribution in [1.29, 1.82) is 5.41 Å². The van der Waals surface area contributed by atoms with E-state index >= 15 is 0 Å². The molecule has 0 spiro atoms. The standard InChI is InChI=1S/C17H17N3O5/c18-15(19)10-1-3-13(4-2-10)20-14(17(24)25)11-5-9(8-21)6-12(7-11)16(22)23/h1-7,14,20-21H,8H2,(H3,18,19)(H,22,23)(H,24,25). The Hall–Kier alpha value is -3.39. The maximum atomic E-state index is 11.6. The Bertz CT molecular complexity index is 818. The van der Waals surface area contributed by atoms with Gasteiger partial charge in [-0.2, -0.15) is 0 Å². The molecule has 0 saturated heterocycles. The number of nitrogens with two attached hydrogens (primary N) is 1. The summed E-state index contributed by atoms with van der Waals surface area (Å²) < 4.78 is 0. The van der Waals surface area contributed by atoms with E-state index in [0.29, 0.717) is 16.8 Å². The van der Waals surface area contributed by atoms with Crippen molar-refractivity contribution in [3.63, 3.8) is 0 Å². The number of aliphatic hydroxyl groups is 1. The summed E-state index contributed by atoms with van der Waals surface area (Å²) in [6, 6.07) is 9.02. The molecule has 2 aromatic carbocycles. The zero-order valence-electron chi connectivity index (χ0n) is 13.1. The average Bonchev–Trinajstić information content (AvgIpc) is 2.59. The third-order valence-electron chi connectivity index (χ3n) is 3.53. The number of nitrogen functional groups attached to an aromatic ring is 1. The van der Waals surface area contributed by atoms with Gasteiger partial charge in [0.2, 0.25) is 0 Å². The minimum Gasteiger partial charge on any atom is -0.479 e. The molecule has 0 bridgehead atoms. The van der Waals surface area contributed by atoms with Crippen LogP contribution in [0.4, 0.5) is 5.69 Å². The van der Waals surface area contributed by atoms with Gasteiger partial charge in [0.15, 0.2) is 6.04 Å². The maximum Gasteiger partial charge on any atom is 0.335 e. The van der Waals surface area contributed by atoms with E-state index in [1.165, 1.54) is 18.2 Å². The van der Waals surface area contributed by atoms with Crippen LogP contribution in [0.25, 0.3) is 0 Å². The van der Waals surface area contributed by atoms with Gasteiger partial charge in [-0.1, -0.05) is 6.07 Å². The summed E-state index contributed by atoms with van der Waals surface area (Å²) in [5.74, 6) is -2.53. The molecule has 0 radical (unpaired) electrons. The van der Waals surface area contributed by atoms with Crippen molar-refractivity contribution in [2.24, 2.45) is 5.73 Å². The van der Waals surface area contributed by atoms with Crippen LogP contribution >= 0.6 is 0 Å². The second-order valence-corrected chi connectivity index (χ2v) is 5.33. The topological polar surface area (TPSA) is 157 Å². The van der Waals surface area contributed by atoms with Crippen LogP contribution in [0.15, 0.2) is 42.5 Å². The summed E-state index contributed by atoms with van der Waals surface area (Å²) in [7, 11) is 0. The first kappa shape index (κ1) is 18.0. The van der Waals surface area contributed by atoms with Crippen LogP contribution in [0.2, 0.25) is 0 Å². The zero-order chi connectivity index (χ0) is 18.6. The number of aliphatic carboxylic acids is 1. The van der Waals surface area contributed by atoms with Gasteiger partial charge >= 0.3 is 11.9 Å². The highest BCUT2D eigenvalue weighted by atomic mass is 16.4. The lowest BCUT2D eigenvalue weighted by Gasteiger charge is -2.18. The lowest BCUT2D eigenvalue weighted by molar-refractivity contribution is -0.138. The van der Waals surface area contributed by atoms with Gasteiger partial charge in [-0.25, -0.2) is 9.59 Å². The first-order valence-electron chi connectivity index (χ1n) is 7.23. The number of nitrogens with one attached hydrogen (secondary N) is 2. The van der Waals surface area contributed by atoms with Crippen LogP contribution in [-0.4, -0.2) is 33.1 Å². The average molecular weight is 343 g/mol. The summed E-state index contributed by atoms with van der Waals surface area (Å²) in [5.41, 5.74) is 6.72. The first-order valence-corrected chi connectivity index (χ1v) is 7.23. The lowest BCUT2D eigenvalue weighted by Crippen LogP contribution is -2.21. The maximum absolute atomic E-state index is 11.6. The van der Waals surface area contributed by atoms with Gasteiger partial charge in [-0.05, 0) is 47.5 Å². The van der Waals surface area contributed by atoms with Crippen LogP contribution in [0, 0.1) is 5.41 Å². The van der Waals surface area contributed by atoms with Gasteiger partial charge in [-0.3, -0.25) is 5.41 Å². The molecule has 0 amide bonds. The van der Waals surface area contributed by atoms with E-state index in [-0.39, 0.29) is 17.0 Å². The predicted octanol–water partition coefficient (Wildman–Crippen LogP) is 1.40. The lowest BCUT2D eigenvalue weighted by atomic mass is 10.00. The number of aliphatic hydroxyl groups excluding tert-OH is 1. The normalized spacial score (nSPS) is 11.6. The number of benzene rings is 2. The monoisotopic (exact) mass is 343 g/mol. The molecule has 130 valence electrons. The number of carboxylic acid groups (broad SMARTS) is 2. The Balaban J connectivity index is 2.38. The molecule has 0 aromatic heterocycles. The van der Waals surface area contributed by atoms with Crippen molar-refractivity contribution in [2.75, 3.05) is 5.32 Å². The van der Waals surface area contributed by atoms with Crippen LogP contribution < -0.4 is 11.1 Å². The Morgan fingerprint density at radius 1 is 1.08 bits per heavy atom. The molecular weight excluding hydrogens is 326 g/mol. The quantitative estimate of drug-likeness (QED) is 0.327. The van der Waals surface area contributed by atoms with E-state index < -0.39 is 24.6 Å². The number of hydrogen-bond acceptors (Lipinski definition) is 5. The number of carboxylic acids is 2. The molecule has 25 heavy (non-hydrogen) atoms. The fraction of sp³-hybridized carbons (Fsp3) is 0.118. The minimum atomic E-state index is -1.22. The Labute approximate surface area is 143 Å². The molecule has 0 fully saturated rings. The number of hydrogen-bond donors (Lipinski definition) is 6. The van der Waals surface area contributed by atoms with E-state index in [0.717, 1.165) is 0 Å². The zero-order valence-corrected chi connectivity index (χ0v) is 13.1. The van der Waals surface area contributed by atoms with E-state index in [9.17, 15) is 19.8 Å². The van der Waals surface area contributed by atoms with E-state index in [2.05, 4.69) is 5.32 Å². The summed E-state index contributed by atoms with van der Waals surface area (Å²) >= 11 is 0. The number of anilines is 1. The second-order valence-electron chi connectivity index (χ2n) is 5.33. The molecule has 0 saturated carbocycles. The highest BCUT2D eigenvalue weighted by Crippen LogP contribution is 2.23. The van der Waals surface area contributed by atoms with Crippen LogP contribution in [0.5, 0.6) is 0 Å². The van der Waals surface area contributed by atoms with Gasteiger partial charge < -0.3 is 26.4 Å². The third kappa shape index (κ3) is 4.33. The molecule has 7 N–H and O–H groups in total. The van der Waals surface area contributed by atoms with Gasteiger partial charge in [0.1, 0.15) is 5.84 Å². The minimum absolute atomic E-state index is 0.108. The molecule has 1 unspecified atom stereocenters. The van der Waals surface area contributed by atoms with Crippen molar-refractivity contribution in [2.45, 2.75) is 12.6 Å². The van der Waals surface area contributed by atoms with Crippen LogP contribution in [-0.2, 0) is 11.4 Å². The predicted molar refractivity (Wildman–Crippen MR) is 90.8 cm³/mol. The van der Waals surface area contributed by atoms with E-state index in [1.54, 1.807) is 24.3 Å². The Kier molecular flexibility index (Phi) is 5.35. The molecule has 8 heteroatoms. The van der Waals surface area contributed by atoms with Gasteiger partial charge in [0.25, 0.3) is 0 Å². The molecule has 0 heterocycles. The molecule has 0 aliphatic heterocycles. The van der Waals surface area contributed by atoms with Crippen molar-refractivity contribution in [3.8, 4) is 0 Å². The van der Waals surface area contributed by atoms with Crippen LogP contribution in [0.1, 0.15) is 33.1 Å². The van der Waals surface area contributed by atoms with Crippen LogP contribution in [0.3, 0.4) is 0 Å². The van der Waals surface area contributed by atoms with E-state index in [1.807, 2.05) is 0 Å². The van der Waals surface area contributed by atoms with Gasteiger partial charge in [0.05, 0.1) is 12.2 Å². The smallest absolute Gasteiger partial charge is 0.335 e. The second kappa shape index (κ2) is 7.45. The highest BCUT2D eigenvalue weighted by Gasteiger charge is 2.22. The fourth-order valence-electron chi connectivity index (χ4n) is 2.30. The third-order valence-corrected chi connectivity index (χ3v) is 3.53. The van der Waals surface area contributed by atoms with Crippen molar-refractivity contribution < 1.29 is 24.9 Å². The number of amidine groups is 1. The first-order chi connectivity index (χ1) is 11.8. The molecule has 2 rings (SSSR count). The molecule has 2 aromatic rings. The summed E-state index contributed by atoms with van der Waals surface area (Å²) in [6.07, 6.45) is 0. The van der Waals surface area contributed by atoms with Gasteiger partial charge in [-0.15, -0.1) is 0 Å². The fourth-order valence-corrected chi connectivity index (χ4v) is 2.30. The summed E-state index contributed by atoms with van der Waals surface area (Å²) in [5, 5.41) is 38.0.